The second kappa shape index (κ2) is 4.45. The number of benzene rings is 2. The summed E-state index contributed by atoms with van der Waals surface area (Å²) < 4.78 is 0. The Hall–Kier alpha value is -1.82. The third kappa shape index (κ3) is 1.69. The summed E-state index contributed by atoms with van der Waals surface area (Å²) in [4.78, 5) is 0. The summed E-state index contributed by atoms with van der Waals surface area (Å²) in [5.74, 6) is 0. The molecule has 0 nitrogen and oxygen atoms in total. The van der Waals surface area contributed by atoms with Crippen LogP contribution >= 0.6 is 0 Å². The molecule has 0 saturated heterocycles. The van der Waals surface area contributed by atoms with Gasteiger partial charge in [-0.3, -0.25) is 0 Å². The molecule has 0 amide bonds. The maximum Gasteiger partial charge on any atom is -0.000740 e. The predicted octanol–water partition coefficient (Wildman–Crippen LogP) is 4.87. The van der Waals surface area contributed by atoms with Gasteiger partial charge in [-0.05, 0) is 46.2 Å². The number of hydrogen-bond acceptors (Lipinski definition) is 0. The van der Waals surface area contributed by atoms with E-state index in [1.807, 2.05) is 0 Å². The molecule has 0 fully saturated rings. The normalized spacial score (nSPS) is 12.1. The molecule has 89 valence electrons. The van der Waals surface area contributed by atoms with Crippen molar-refractivity contribution in [2.75, 3.05) is 0 Å². The maximum atomic E-state index is 6.23. The van der Waals surface area contributed by atoms with Gasteiger partial charge >= 0.3 is 0 Å². The smallest absolute Gasteiger partial charge is 0.000740 e. The third-order valence-corrected chi connectivity index (χ3v) is 3.72. The zero-order valence-electron chi connectivity index (χ0n) is 10.7. The highest BCUT2D eigenvalue weighted by atomic mass is 14.2. The van der Waals surface area contributed by atoms with Crippen LogP contribution in [0, 0.1) is 6.58 Å². The molecule has 0 aliphatic heterocycles. The van der Waals surface area contributed by atoms with Crippen molar-refractivity contribution in [3.05, 3.63) is 65.7 Å². The number of allylic oxidation sites excluding steroid dienone is 1. The third-order valence-electron chi connectivity index (χ3n) is 3.72. The molecule has 18 heavy (non-hydrogen) atoms. The molecule has 0 N–H and O–H groups in total. The molecule has 0 aromatic heterocycles. The highest BCUT2D eigenvalue weighted by molar-refractivity contribution is 5.82. The van der Waals surface area contributed by atoms with Crippen LogP contribution < -0.4 is 0 Å². The van der Waals surface area contributed by atoms with Gasteiger partial charge in [0.1, 0.15) is 0 Å². The molecule has 1 radical (unpaired) electrons. The number of hydrogen-bond donors (Lipinski definition) is 0. The van der Waals surface area contributed by atoms with E-state index in [2.05, 4.69) is 49.4 Å². The van der Waals surface area contributed by atoms with Gasteiger partial charge in [-0.1, -0.05) is 62.4 Å². The van der Waals surface area contributed by atoms with E-state index in [-0.39, 0.29) is 0 Å². The molecule has 0 spiro atoms. The minimum absolute atomic E-state index is 0.979. The Bertz CT molecular complexity index is 605. The van der Waals surface area contributed by atoms with Crippen LogP contribution in [0.25, 0.3) is 16.7 Å². The van der Waals surface area contributed by atoms with Gasteiger partial charge in [0.05, 0.1) is 0 Å². The molecule has 1 aliphatic rings. The number of fused-ring (bicyclic) bond motifs is 3. The fraction of sp³-hybridized carbons (Fsp3) is 0.222. The van der Waals surface area contributed by atoms with Crippen LogP contribution in [-0.4, -0.2) is 0 Å². The van der Waals surface area contributed by atoms with Crippen molar-refractivity contribution in [1.29, 1.82) is 0 Å². The van der Waals surface area contributed by atoms with E-state index < -0.39 is 0 Å². The van der Waals surface area contributed by atoms with Crippen molar-refractivity contribution in [2.24, 2.45) is 0 Å². The Labute approximate surface area is 109 Å². The van der Waals surface area contributed by atoms with Gasteiger partial charge < -0.3 is 0 Å². The van der Waals surface area contributed by atoms with Crippen LogP contribution in [0.5, 0.6) is 0 Å². The van der Waals surface area contributed by atoms with E-state index in [0.29, 0.717) is 0 Å². The molecule has 0 bridgehead atoms. The Morgan fingerprint density at radius 2 is 1.83 bits per heavy atom. The van der Waals surface area contributed by atoms with Crippen molar-refractivity contribution in [1.82, 2.24) is 0 Å². The van der Waals surface area contributed by atoms with Gasteiger partial charge in [-0.15, -0.1) is 0 Å². The van der Waals surface area contributed by atoms with Crippen molar-refractivity contribution in [3.8, 4) is 11.1 Å². The lowest BCUT2D eigenvalue weighted by Gasteiger charge is -2.10. The average molecular weight is 233 g/mol. The summed E-state index contributed by atoms with van der Waals surface area (Å²) in [6.45, 7) is 8.40. The van der Waals surface area contributed by atoms with E-state index in [0.717, 1.165) is 24.8 Å². The molecular weight excluding hydrogens is 216 g/mol. The zero-order valence-corrected chi connectivity index (χ0v) is 10.7. The second-order valence-corrected chi connectivity index (χ2v) is 4.94. The Morgan fingerprint density at radius 1 is 1.06 bits per heavy atom. The lowest BCUT2D eigenvalue weighted by molar-refractivity contribution is 0.971. The monoisotopic (exact) mass is 233 g/mol. The van der Waals surface area contributed by atoms with Crippen molar-refractivity contribution in [2.45, 2.75) is 26.2 Å². The summed E-state index contributed by atoms with van der Waals surface area (Å²) in [7, 11) is 0. The topological polar surface area (TPSA) is 0 Å². The minimum Gasteiger partial charge on any atom is -0.0651 e. The molecule has 0 unspecified atom stereocenters. The van der Waals surface area contributed by atoms with Crippen LogP contribution in [-0.2, 0) is 6.42 Å². The van der Waals surface area contributed by atoms with E-state index in [1.54, 1.807) is 0 Å². The van der Waals surface area contributed by atoms with Gasteiger partial charge in [-0.2, -0.15) is 0 Å². The first-order chi connectivity index (χ1) is 8.81. The van der Waals surface area contributed by atoms with E-state index in [9.17, 15) is 0 Å². The zero-order chi connectivity index (χ0) is 12.5. The highest BCUT2D eigenvalue weighted by Gasteiger charge is 2.20. The predicted molar refractivity (Wildman–Crippen MR) is 77.3 cm³/mol. The summed E-state index contributed by atoms with van der Waals surface area (Å²) in [6, 6.07) is 15.2. The summed E-state index contributed by atoms with van der Waals surface area (Å²) in [5.41, 5.74) is 7.85. The second-order valence-electron chi connectivity index (χ2n) is 4.94. The lowest BCUT2D eigenvalue weighted by Crippen LogP contribution is -1.91. The van der Waals surface area contributed by atoms with Crippen LogP contribution in [0.15, 0.2) is 42.5 Å². The van der Waals surface area contributed by atoms with Gasteiger partial charge in [-0.25, -0.2) is 0 Å². The van der Waals surface area contributed by atoms with Gasteiger partial charge in [0.2, 0.25) is 0 Å². The minimum atomic E-state index is 0.979. The lowest BCUT2D eigenvalue weighted by atomic mass is 9.94. The van der Waals surface area contributed by atoms with E-state index >= 15 is 0 Å². The van der Waals surface area contributed by atoms with E-state index in [1.165, 1.54) is 27.8 Å². The highest BCUT2D eigenvalue weighted by Crippen LogP contribution is 2.40. The van der Waals surface area contributed by atoms with Crippen molar-refractivity contribution in [3.63, 3.8) is 0 Å². The van der Waals surface area contributed by atoms with Crippen LogP contribution in [0.3, 0.4) is 0 Å². The molecule has 2 aromatic rings. The van der Waals surface area contributed by atoms with Crippen LogP contribution in [0.2, 0.25) is 0 Å². The summed E-state index contributed by atoms with van der Waals surface area (Å²) >= 11 is 0. The van der Waals surface area contributed by atoms with Gasteiger partial charge in [0.25, 0.3) is 0 Å². The molecule has 3 rings (SSSR count). The summed E-state index contributed by atoms with van der Waals surface area (Å²) in [5, 5.41) is 0. The number of rotatable bonds is 3. The average Bonchev–Trinajstić information content (AvgIpc) is 2.77. The molecule has 0 heteroatoms. The quantitative estimate of drug-likeness (QED) is 0.605. The fourth-order valence-corrected chi connectivity index (χ4v) is 2.86. The Morgan fingerprint density at radius 3 is 2.67 bits per heavy atom. The van der Waals surface area contributed by atoms with Crippen molar-refractivity contribution < 1.29 is 0 Å². The van der Waals surface area contributed by atoms with Crippen LogP contribution in [0.1, 0.15) is 36.5 Å². The van der Waals surface area contributed by atoms with Crippen molar-refractivity contribution >= 4 is 5.57 Å². The fourth-order valence-electron chi connectivity index (χ4n) is 2.86. The first kappa shape index (κ1) is 11.3. The van der Waals surface area contributed by atoms with Gasteiger partial charge in [0, 0.05) is 0 Å². The molecule has 1 aliphatic carbocycles. The largest absolute Gasteiger partial charge is 0.0651 e. The molecule has 0 atom stereocenters. The van der Waals surface area contributed by atoms with Gasteiger partial charge in [0.15, 0.2) is 0 Å². The first-order valence-electron chi connectivity index (χ1n) is 6.63. The SMILES string of the molecule is [CH]=C(CCC)c1cccc2c1Cc1ccccc1-2. The summed E-state index contributed by atoms with van der Waals surface area (Å²) in [6.07, 6.45) is 3.10. The first-order valence-corrected chi connectivity index (χ1v) is 6.63. The molecule has 2 aromatic carbocycles. The Balaban J connectivity index is 2.11. The Kier molecular flexibility index (Phi) is 2.79. The molecule has 0 heterocycles. The maximum absolute atomic E-state index is 6.23. The molecule has 0 saturated carbocycles. The van der Waals surface area contributed by atoms with E-state index in [4.69, 9.17) is 6.58 Å². The van der Waals surface area contributed by atoms with Crippen LogP contribution in [0.4, 0.5) is 0 Å². The molecular formula is C18H17. The standard InChI is InChI=1S/C18H17/c1-3-7-13(2)15-10-6-11-17-16-9-5-4-8-14(16)12-18(15)17/h2,4-6,8-11H,3,7,12H2,1H3.